The molecule has 9 heteroatoms. The Labute approximate surface area is 187 Å². The Bertz CT molecular complexity index is 1120. The van der Waals surface area contributed by atoms with Crippen LogP contribution in [0.3, 0.4) is 0 Å². The van der Waals surface area contributed by atoms with Gasteiger partial charge in [0.2, 0.25) is 10.0 Å². The van der Waals surface area contributed by atoms with Crippen molar-refractivity contribution in [1.82, 2.24) is 19.1 Å². The number of aryl methyl sites for hydroxylation is 2. The summed E-state index contributed by atoms with van der Waals surface area (Å²) < 4.78 is 28.5. The standard InChI is InChI=1S/C21H26N4O2S3/c1-15-8-6-9-16(2)19(15)25-20(22-23-21(25)29-13-12-28-5)17-10-7-11-18(14-17)30(26,27)24(3)4/h6-11,14H,12-13H2,1-5H3. The first-order valence-corrected chi connectivity index (χ1v) is 13.3. The fourth-order valence-corrected chi connectivity index (χ4v) is 5.67. The predicted octanol–water partition coefficient (Wildman–Crippen LogP) is 4.26. The first kappa shape index (κ1) is 22.9. The van der Waals surface area contributed by atoms with Gasteiger partial charge in [0.05, 0.1) is 10.6 Å². The number of para-hydroxylation sites is 1. The van der Waals surface area contributed by atoms with Crippen LogP contribution < -0.4 is 0 Å². The van der Waals surface area contributed by atoms with E-state index in [1.807, 2.05) is 12.1 Å². The van der Waals surface area contributed by atoms with Gasteiger partial charge in [-0.1, -0.05) is 42.1 Å². The van der Waals surface area contributed by atoms with Gasteiger partial charge in [-0.3, -0.25) is 4.57 Å². The Morgan fingerprint density at radius 1 is 1.00 bits per heavy atom. The van der Waals surface area contributed by atoms with Crippen molar-refractivity contribution in [1.29, 1.82) is 0 Å². The number of sulfonamides is 1. The molecule has 0 saturated heterocycles. The molecular formula is C21H26N4O2S3. The van der Waals surface area contributed by atoms with Gasteiger partial charge in [0.15, 0.2) is 11.0 Å². The highest BCUT2D eigenvalue weighted by Crippen LogP contribution is 2.32. The molecule has 0 spiro atoms. The molecule has 1 heterocycles. The molecule has 30 heavy (non-hydrogen) atoms. The Morgan fingerprint density at radius 2 is 1.67 bits per heavy atom. The average Bonchev–Trinajstić information content (AvgIpc) is 3.11. The SMILES string of the molecule is CSCCSc1nnc(-c2cccc(S(=O)(=O)N(C)C)c2)n1-c1c(C)cccc1C. The van der Waals surface area contributed by atoms with Crippen molar-refractivity contribution in [2.24, 2.45) is 0 Å². The molecule has 2 aromatic carbocycles. The minimum Gasteiger partial charge on any atom is -0.269 e. The van der Waals surface area contributed by atoms with Gasteiger partial charge in [0.25, 0.3) is 0 Å². The van der Waals surface area contributed by atoms with Crippen molar-refractivity contribution in [2.75, 3.05) is 31.9 Å². The summed E-state index contributed by atoms with van der Waals surface area (Å²) in [5.74, 6) is 2.56. The number of hydrogen-bond acceptors (Lipinski definition) is 6. The summed E-state index contributed by atoms with van der Waals surface area (Å²) >= 11 is 3.45. The van der Waals surface area contributed by atoms with Gasteiger partial charge in [-0.2, -0.15) is 11.8 Å². The highest BCUT2D eigenvalue weighted by molar-refractivity contribution is 8.02. The number of hydrogen-bond donors (Lipinski definition) is 0. The molecule has 0 atom stereocenters. The van der Waals surface area contributed by atoms with Crippen LogP contribution in [0, 0.1) is 13.8 Å². The molecule has 0 bridgehead atoms. The maximum absolute atomic E-state index is 12.6. The molecule has 0 unspecified atom stereocenters. The van der Waals surface area contributed by atoms with Crippen LogP contribution >= 0.6 is 23.5 Å². The summed E-state index contributed by atoms with van der Waals surface area (Å²) in [6, 6.07) is 13.1. The quantitative estimate of drug-likeness (QED) is 0.368. The van der Waals surface area contributed by atoms with E-state index in [1.165, 1.54) is 18.4 Å². The predicted molar refractivity (Wildman–Crippen MR) is 126 cm³/mol. The first-order valence-electron chi connectivity index (χ1n) is 9.44. The summed E-state index contributed by atoms with van der Waals surface area (Å²) in [5, 5.41) is 9.73. The summed E-state index contributed by atoms with van der Waals surface area (Å²) in [7, 11) is -0.485. The van der Waals surface area contributed by atoms with Gasteiger partial charge in [-0.05, 0) is 43.4 Å². The molecule has 1 aromatic heterocycles. The third kappa shape index (κ3) is 4.59. The van der Waals surface area contributed by atoms with Crippen molar-refractivity contribution in [3.63, 3.8) is 0 Å². The lowest BCUT2D eigenvalue weighted by molar-refractivity contribution is 0.521. The maximum atomic E-state index is 12.6. The monoisotopic (exact) mass is 462 g/mol. The minimum absolute atomic E-state index is 0.234. The smallest absolute Gasteiger partial charge is 0.242 e. The van der Waals surface area contributed by atoms with E-state index in [-0.39, 0.29) is 4.90 Å². The van der Waals surface area contributed by atoms with Crippen LogP contribution in [0.5, 0.6) is 0 Å². The van der Waals surface area contributed by atoms with E-state index in [0.29, 0.717) is 11.4 Å². The average molecular weight is 463 g/mol. The van der Waals surface area contributed by atoms with Crippen molar-refractivity contribution in [2.45, 2.75) is 23.9 Å². The van der Waals surface area contributed by atoms with E-state index in [2.05, 4.69) is 47.0 Å². The van der Waals surface area contributed by atoms with E-state index in [4.69, 9.17) is 0 Å². The Kier molecular flexibility index (Phi) is 7.28. The van der Waals surface area contributed by atoms with Crippen LogP contribution in [0.2, 0.25) is 0 Å². The number of aromatic nitrogens is 3. The lowest BCUT2D eigenvalue weighted by Crippen LogP contribution is -2.22. The van der Waals surface area contributed by atoms with Gasteiger partial charge < -0.3 is 0 Å². The maximum Gasteiger partial charge on any atom is 0.242 e. The van der Waals surface area contributed by atoms with Crippen molar-refractivity contribution >= 4 is 33.5 Å². The molecule has 0 aliphatic carbocycles. The topological polar surface area (TPSA) is 68.1 Å². The number of rotatable bonds is 8. The largest absolute Gasteiger partial charge is 0.269 e. The van der Waals surface area contributed by atoms with Crippen LogP contribution in [0.4, 0.5) is 0 Å². The van der Waals surface area contributed by atoms with Crippen LogP contribution in [0.25, 0.3) is 17.1 Å². The molecule has 0 aliphatic rings. The zero-order valence-corrected chi connectivity index (χ0v) is 20.2. The lowest BCUT2D eigenvalue weighted by Gasteiger charge is -2.16. The van der Waals surface area contributed by atoms with Gasteiger partial charge in [0.1, 0.15) is 0 Å². The molecule has 6 nitrogen and oxygen atoms in total. The second-order valence-electron chi connectivity index (χ2n) is 7.04. The molecule has 0 fully saturated rings. The van der Waals surface area contributed by atoms with E-state index in [0.717, 1.165) is 33.5 Å². The van der Waals surface area contributed by atoms with Gasteiger partial charge in [-0.15, -0.1) is 10.2 Å². The normalized spacial score (nSPS) is 11.9. The van der Waals surface area contributed by atoms with Gasteiger partial charge in [-0.25, -0.2) is 12.7 Å². The van der Waals surface area contributed by atoms with Crippen LogP contribution in [-0.2, 0) is 10.0 Å². The van der Waals surface area contributed by atoms with Crippen LogP contribution in [0.1, 0.15) is 11.1 Å². The van der Waals surface area contributed by atoms with E-state index in [9.17, 15) is 8.42 Å². The van der Waals surface area contributed by atoms with Crippen molar-refractivity contribution < 1.29 is 8.42 Å². The third-order valence-corrected chi connectivity index (χ3v) is 8.30. The van der Waals surface area contributed by atoms with Crippen molar-refractivity contribution in [3.8, 4) is 17.1 Å². The number of benzene rings is 2. The van der Waals surface area contributed by atoms with Gasteiger partial charge in [0, 0.05) is 31.2 Å². The lowest BCUT2D eigenvalue weighted by atomic mass is 10.1. The fraction of sp³-hybridized carbons (Fsp3) is 0.333. The summed E-state index contributed by atoms with van der Waals surface area (Å²) in [6.07, 6.45) is 2.08. The Morgan fingerprint density at radius 3 is 2.30 bits per heavy atom. The highest BCUT2D eigenvalue weighted by atomic mass is 32.2. The molecule has 0 N–H and O–H groups in total. The van der Waals surface area contributed by atoms with Gasteiger partial charge >= 0.3 is 0 Å². The summed E-state index contributed by atoms with van der Waals surface area (Å²) in [6.45, 7) is 4.13. The van der Waals surface area contributed by atoms with Crippen LogP contribution in [-0.4, -0.2) is 59.3 Å². The fourth-order valence-electron chi connectivity index (χ4n) is 3.13. The number of nitrogens with zero attached hydrogens (tertiary/aromatic N) is 4. The zero-order chi connectivity index (χ0) is 21.9. The van der Waals surface area contributed by atoms with Crippen LogP contribution in [0.15, 0.2) is 52.5 Å². The molecule has 3 rings (SSSR count). The molecule has 0 aliphatic heterocycles. The second-order valence-corrected chi connectivity index (χ2v) is 11.2. The highest BCUT2D eigenvalue weighted by Gasteiger charge is 2.22. The Balaban J connectivity index is 2.19. The molecule has 160 valence electrons. The zero-order valence-electron chi connectivity index (χ0n) is 17.8. The van der Waals surface area contributed by atoms with E-state index >= 15 is 0 Å². The first-order chi connectivity index (χ1) is 14.3. The van der Waals surface area contributed by atoms with E-state index in [1.54, 1.807) is 41.7 Å². The van der Waals surface area contributed by atoms with Crippen molar-refractivity contribution in [3.05, 3.63) is 53.6 Å². The minimum atomic E-state index is -3.54. The second kappa shape index (κ2) is 9.55. The molecule has 0 amide bonds. The van der Waals surface area contributed by atoms with E-state index < -0.39 is 10.0 Å². The summed E-state index contributed by atoms with van der Waals surface area (Å²) in [4.78, 5) is 0.234. The molecular weight excluding hydrogens is 436 g/mol. The Hall–Kier alpha value is -1.81. The third-order valence-electron chi connectivity index (χ3n) is 4.69. The molecule has 0 radical (unpaired) electrons. The summed E-state index contributed by atoms with van der Waals surface area (Å²) in [5.41, 5.74) is 3.97. The molecule has 0 saturated carbocycles. The number of thioether (sulfide) groups is 2. The molecule has 3 aromatic rings.